The Labute approximate surface area is 120 Å². The molecule has 19 heavy (non-hydrogen) atoms. The first-order valence-electron chi connectivity index (χ1n) is 7.36. The van der Waals surface area contributed by atoms with Gasteiger partial charge in [0.05, 0.1) is 13.2 Å². The summed E-state index contributed by atoms with van der Waals surface area (Å²) in [5.41, 5.74) is 0. The molecule has 1 heterocycles. The number of hydrogen-bond donors (Lipinski definition) is 0. The van der Waals surface area contributed by atoms with E-state index >= 15 is 0 Å². The lowest BCUT2D eigenvalue weighted by molar-refractivity contribution is -0.0254. The minimum absolute atomic E-state index is 0.0463. The Morgan fingerprint density at radius 1 is 1.21 bits per heavy atom. The SMILES string of the molecule is C/C=N/OC.CC.CC1OCCO1.CCC(C)CC. The lowest BCUT2D eigenvalue weighted by atomic mass is 10.1. The Kier molecular flexibility index (Phi) is 27.9. The van der Waals surface area contributed by atoms with Crippen LogP contribution in [0.4, 0.5) is 0 Å². The summed E-state index contributed by atoms with van der Waals surface area (Å²) in [6.45, 7) is 16.0. The quantitative estimate of drug-likeness (QED) is 0.564. The number of nitrogens with zero attached hydrogens (tertiary/aromatic N) is 1. The number of oxime groups is 1. The molecule has 118 valence electrons. The van der Waals surface area contributed by atoms with E-state index < -0.39 is 0 Å². The molecule has 0 N–H and O–H groups in total. The van der Waals surface area contributed by atoms with Crippen LogP contribution < -0.4 is 0 Å². The summed E-state index contributed by atoms with van der Waals surface area (Å²) in [5.74, 6) is 0.935. The van der Waals surface area contributed by atoms with E-state index in [9.17, 15) is 0 Å². The fourth-order valence-corrected chi connectivity index (χ4v) is 0.870. The summed E-state index contributed by atoms with van der Waals surface area (Å²) in [6.07, 6.45) is 4.29. The summed E-state index contributed by atoms with van der Waals surface area (Å²) in [5, 5.41) is 3.35. The molecular formula is C15H35NO3. The highest BCUT2D eigenvalue weighted by Gasteiger charge is 2.07. The third-order valence-corrected chi connectivity index (χ3v) is 2.39. The van der Waals surface area contributed by atoms with Crippen LogP contribution in [0.15, 0.2) is 5.16 Å². The van der Waals surface area contributed by atoms with Crippen LogP contribution in [-0.4, -0.2) is 32.8 Å². The standard InChI is InChI=1S/C6H14.C4H8O2.C3H7NO.C2H6/c1-4-6(3)5-2;1-4-5-2-3-6-4;1-3-4-5-2;1-2/h6H,4-5H2,1-3H3;4H,2-3H2,1H3;3H,1-2H3;1-2H3/b;;4-3+;. The van der Waals surface area contributed by atoms with Crippen molar-refractivity contribution in [1.29, 1.82) is 0 Å². The molecule has 0 saturated carbocycles. The molecule has 0 bridgehead atoms. The average molecular weight is 277 g/mol. The van der Waals surface area contributed by atoms with Crippen molar-refractivity contribution < 1.29 is 14.3 Å². The van der Waals surface area contributed by atoms with Gasteiger partial charge in [-0.1, -0.05) is 47.5 Å². The highest BCUT2D eigenvalue weighted by molar-refractivity contribution is 5.52. The van der Waals surface area contributed by atoms with E-state index in [4.69, 9.17) is 9.47 Å². The van der Waals surface area contributed by atoms with Gasteiger partial charge in [-0.25, -0.2) is 0 Å². The number of hydrogen-bond acceptors (Lipinski definition) is 4. The van der Waals surface area contributed by atoms with Gasteiger partial charge >= 0.3 is 0 Å². The van der Waals surface area contributed by atoms with Gasteiger partial charge in [0, 0.05) is 6.21 Å². The number of rotatable bonds is 3. The zero-order chi connectivity index (χ0) is 15.5. The molecule has 4 heteroatoms. The molecule has 1 rings (SSSR count). The van der Waals surface area contributed by atoms with Crippen molar-refractivity contribution >= 4 is 6.21 Å². The maximum Gasteiger partial charge on any atom is 0.155 e. The second-order valence-corrected chi connectivity index (χ2v) is 3.78. The van der Waals surface area contributed by atoms with Crippen LogP contribution in [0.5, 0.6) is 0 Å². The van der Waals surface area contributed by atoms with Crippen LogP contribution >= 0.6 is 0 Å². The molecule has 0 spiro atoms. The van der Waals surface area contributed by atoms with Crippen molar-refractivity contribution in [3.05, 3.63) is 0 Å². The molecule has 0 aromatic heterocycles. The third kappa shape index (κ3) is 26.8. The molecule has 1 aliphatic heterocycles. The van der Waals surface area contributed by atoms with Crippen LogP contribution in [0.1, 0.15) is 61.3 Å². The minimum atomic E-state index is 0.0463. The molecule has 0 aromatic carbocycles. The van der Waals surface area contributed by atoms with Gasteiger partial charge in [-0.05, 0) is 19.8 Å². The van der Waals surface area contributed by atoms with Gasteiger partial charge < -0.3 is 14.3 Å². The summed E-state index contributed by atoms with van der Waals surface area (Å²) in [4.78, 5) is 4.26. The first kappa shape index (κ1) is 23.5. The molecule has 1 saturated heterocycles. The van der Waals surface area contributed by atoms with Crippen LogP contribution in [-0.2, 0) is 14.3 Å². The van der Waals surface area contributed by atoms with Gasteiger partial charge in [0.25, 0.3) is 0 Å². The highest BCUT2D eigenvalue weighted by atomic mass is 16.7. The van der Waals surface area contributed by atoms with Gasteiger partial charge in [0.15, 0.2) is 6.29 Å². The van der Waals surface area contributed by atoms with Gasteiger partial charge in [0.2, 0.25) is 0 Å². The van der Waals surface area contributed by atoms with Crippen LogP contribution in [0, 0.1) is 5.92 Å². The van der Waals surface area contributed by atoms with E-state index in [0.29, 0.717) is 0 Å². The zero-order valence-electron chi connectivity index (χ0n) is 14.2. The Bertz CT molecular complexity index is 153. The molecule has 0 radical (unpaired) electrons. The first-order valence-corrected chi connectivity index (χ1v) is 7.36. The van der Waals surface area contributed by atoms with Gasteiger partial charge in [0.1, 0.15) is 7.11 Å². The second-order valence-electron chi connectivity index (χ2n) is 3.78. The Hall–Kier alpha value is -0.610. The molecule has 0 aromatic rings. The smallest absolute Gasteiger partial charge is 0.155 e. The summed E-state index contributed by atoms with van der Waals surface area (Å²) in [7, 11) is 1.51. The van der Waals surface area contributed by atoms with E-state index in [2.05, 4.69) is 30.8 Å². The van der Waals surface area contributed by atoms with Crippen LogP contribution in [0.25, 0.3) is 0 Å². The Balaban J connectivity index is -0.000000191. The molecule has 0 aliphatic carbocycles. The summed E-state index contributed by atoms with van der Waals surface area (Å²) < 4.78 is 9.86. The predicted molar refractivity (Wildman–Crippen MR) is 83.6 cm³/mol. The largest absolute Gasteiger partial charge is 0.399 e. The lowest BCUT2D eigenvalue weighted by Crippen LogP contribution is -1.97. The molecule has 1 aliphatic rings. The lowest BCUT2D eigenvalue weighted by Gasteiger charge is -1.98. The fourth-order valence-electron chi connectivity index (χ4n) is 0.870. The Morgan fingerprint density at radius 2 is 1.63 bits per heavy atom. The van der Waals surface area contributed by atoms with Gasteiger partial charge in [-0.15, -0.1) is 5.16 Å². The molecule has 0 amide bonds. The van der Waals surface area contributed by atoms with E-state index in [-0.39, 0.29) is 6.29 Å². The topological polar surface area (TPSA) is 40.0 Å². The maximum atomic E-state index is 4.93. The molecule has 0 atom stereocenters. The van der Waals surface area contributed by atoms with Crippen molar-refractivity contribution in [2.75, 3.05) is 20.3 Å². The molecular weight excluding hydrogens is 242 g/mol. The molecule has 4 nitrogen and oxygen atoms in total. The average Bonchev–Trinajstić information content (AvgIpc) is 2.93. The Morgan fingerprint density at radius 3 is 1.68 bits per heavy atom. The van der Waals surface area contributed by atoms with E-state index in [0.717, 1.165) is 19.1 Å². The van der Waals surface area contributed by atoms with Crippen molar-refractivity contribution in [3.63, 3.8) is 0 Å². The third-order valence-electron chi connectivity index (χ3n) is 2.39. The highest BCUT2D eigenvalue weighted by Crippen LogP contribution is 2.02. The van der Waals surface area contributed by atoms with Crippen molar-refractivity contribution in [2.45, 2.75) is 67.6 Å². The number of ether oxygens (including phenoxy) is 2. The maximum absolute atomic E-state index is 4.93. The van der Waals surface area contributed by atoms with E-state index in [1.165, 1.54) is 20.0 Å². The molecule has 1 fully saturated rings. The monoisotopic (exact) mass is 277 g/mol. The van der Waals surface area contributed by atoms with Crippen molar-refractivity contribution in [3.8, 4) is 0 Å². The second kappa shape index (κ2) is 22.6. The van der Waals surface area contributed by atoms with E-state index in [1.54, 1.807) is 13.1 Å². The van der Waals surface area contributed by atoms with Gasteiger partial charge in [-0.2, -0.15) is 0 Å². The predicted octanol–water partition coefficient (Wildman–Crippen LogP) is 4.49. The van der Waals surface area contributed by atoms with Gasteiger partial charge in [-0.3, -0.25) is 0 Å². The van der Waals surface area contributed by atoms with Crippen LogP contribution in [0.2, 0.25) is 0 Å². The normalized spacial score (nSPS) is 13.9. The summed E-state index contributed by atoms with van der Waals surface area (Å²) >= 11 is 0. The van der Waals surface area contributed by atoms with Crippen LogP contribution in [0.3, 0.4) is 0 Å². The van der Waals surface area contributed by atoms with Crippen molar-refractivity contribution in [2.24, 2.45) is 11.1 Å². The van der Waals surface area contributed by atoms with Crippen molar-refractivity contribution in [1.82, 2.24) is 0 Å². The first-order chi connectivity index (χ1) is 9.12. The summed E-state index contributed by atoms with van der Waals surface area (Å²) in [6, 6.07) is 0. The molecule has 0 unspecified atom stereocenters. The minimum Gasteiger partial charge on any atom is -0.399 e. The zero-order valence-corrected chi connectivity index (χ0v) is 14.2. The fraction of sp³-hybridized carbons (Fsp3) is 0.933. The van der Waals surface area contributed by atoms with E-state index in [1.807, 2.05) is 20.8 Å².